The van der Waals surface area contributed by atoms with Gasteiger partial charge in [0, 0.05) is 13.0 Å². The highest BCUT2D eigenvalue weighted by Gasteiger charge is 2.31. The maximum absolute atomic E-state index is 10.4. The van der Waals surface area contributed by atoms with Gasteiger partial charge in [-0.25, -0.2) is 4.79 Å². The summed E-state index contributed by atoms with van der Waals surface area (Å²) < 4.78 is 0. The molecule has 0 heterocycles. The van der Waals surface area contributed by atoms with Crippen LogP contribution in [0.2, 0.25) is 0 Å². The molecule has 4 heteroatoms. The molecule has 0 aliphatic carbocycles. The predicted molar refractivity (Wildman–Crippen MR) is 43.7 cm³/mol. The molecule has 0 bridgehead atoms. The third-order valence-corrected chi connectivity index (χ3v) is 1.93. The van der Waals surface area contributed by atoms with Crippen molar-refractivity contribution in [2.45, 2.75) is 25.4 Å². The molecule has 70 valence electrons. The molecule has 0 aromatic heterocycles. The van der Waals surface area contributed by atoms with Crippen LogP contribution in [0.4, 0.5) is 0 Å². The van der Waals surface area contributed by atoms with Gasteiger partial charge in [0.2, 0.25) is 0 Å². The summed E-state index contributed by atoms with van der Waals surface area (Å²) in [6.45, 7) is 4.64. The van der Waals surface area contributed by atoms with Crippen molar-refractivity contribution in [1.29, 1.82) is 0 Å². The lowest BCUT2D eigenvalue weighted by molar-refractivity contribution is -0.135. The molecule has 0 amide bonds. The van der Waals surface area contributed by atoms with Crippen molar-refractivity contribution in [3.05, 3.63) is 12.2 Å². The molecule has 0 rings (SSSR count). The number of rotatable bonds is 5. The molecule has 0 aliphatic heterocycles. The van der Waals surface area contributed by atoms with Crippen LogP contribution in [0.15, 0.2) is 12.2 Å². The molecule has 0 saturated carbocycles. The number of carboxylic acid groups (broad SMARTS) is 1. The minimum absolute atomic E-state index is 0.00856. The molecular formula is C8H14O4. The van der Waals surface area contributed by atoms with Gasteiger partial charge in [-0.2, -0.15) is 0 Å². The maximum Gasteiger partial charge on any atom is 0.333 e. The van der Waals surface area contributed by atoms with Crippen LogP contribution in [0.3, 0.4) is 0 Å². The average Bonchev–Trinajstić information content (AvgIpc) is 2.03. The molecule has 0 aromatic carbocycles. The molecule has 0 radical (unpaired) electrons. The Labute approximate surface area is 71.1 Å². The molecule has 3 N–H and O–H groups in total. The smallest absolute Gasteiger partial charge is 0.333 e. The zero-order valence-corrected chi connectivity index (χ0v) is 7.08. The highest BCUT2D eigenvalue weighted by molar-refractivity contribution is 5.88. The first-order chi connectivity index (χ1) is 5.48. The minimum atomic E-state index is -1.47. The summed E-state index contributed by atoms with van der Waals surface area (Å²) in [5.41, 5.74) is -1.74. The average molecular weight is 174 g/mol. The van der Waals surface area contributed by atoms with Crippen LogP contribution < -0.4 is 0 Å². The molecule has 1 unspecified atom stereocenters. The summed E-state index contributed by atoms with van der Waals surface area (Å²) in [5.74, 6) is -1.23. The fourth-order valence-electron chi connectivity index (χ4n) is 0.925. The molecule has 4 nitrogen and oxygen atoms in total. The predicted octanol–water partition coefficient (Wildman–Crippen LogP) is 0.151. The van der Waals surface area contributed by atoms with Crippen molar-refractivity contribution in [3.63, 3.8) is 0 Å². The van der Waals surface area contributed by atoms with E-state index in [1.165, 1.54) is 0 Å². The van der Waals surface area contributed by atoms with E-state index in [9.17, 15) is 9.90 Å². The Balaban J connectivity index is 4.51. The first kappa shape index (κ1) is 11.1. The summed E-state index contributed by atoms with van der Waals surface area (Å²) in [7, 11) is 0. The third-order valence-electron chi connectivity index (χ3n) is 1.93. The van der Waals surface area contributed by atoms with E-state index in [-0.39, 0.29) is 25.0 Å². The number of hydrogen-bond acceptors (Lipinski definition) is 3. The van der Waals surface area contributed by atoms with Gasteiger partial charge >= 0.3 is 5.97 Å². The van der Waals surface area contributed by atoms with Gasteiger partial charge < -0.3 is 15.3 Å². The number of carbonyl (C=O) groups is 1. The first-order valence-corrected chi connectivity index (χ1v) is 3.74. The van der Waals surface area contributed by atoms with Gasteiger partial charge in [0.25, 0.3) is 0 Å². The van der Waals surface area contributed by atoms with E-state index in [1.54, 1.807) is 6.92 Å². The van der Waals surface area contributed by atoms with Crippen molar-refractivity contribution >= 4 is 5.97 Å². The van der Waals surface area contributed by atoms with Crippen molar-refractivity contribution < 1.29 is 20.1 Å². The second-order valence-corrected chi connectivity index (χ2v) is 2.64. The standard InChI is InChI=1S/C8H14O4/c1-3-8(12,4-5-9)6(2)7(10)11/h9,12H,2-5H2,1H3,(H,10,11). The fraction of sp³-hybridized carbons (Fsp3) is 0.625. The van der Waals surface area contributed by atoms with Gasteiger partial charge in [-0.05, 0) is 6.42 Å². The van der Waals surface area contributed by atoms with Crippen molar-refractivity contribution in [1.82, 2.24) is 0 Å². The van der Waals surface area contributed by atoms with Crippen molar-refractivity contribution in [2.24, 2.45) is 0 Å². The Kier molecular flexibility index (Phi) is 3.92. The van der Waals surface area contributed by atoms with E-state index < -0.39 is 11.6 Å². The van der Waals surface area contributed by atoms with Gasteiger partial charge in [-0.15, -0.1) is 0 Å². The topological polar surface area (TPSA) is 77.8 Å². The van der Waals surface area contributed by atoms with Crippen LogP contribution in [0.1, 0.15) is 19.8 Å². The third kappa shape index (κ3) is 2.32. The Morgan fingerprint density at radius 3 is 2.33 bits per heavy atom. The second kappa shape index (κ2) is 4.23. The fourth-order valence-corrected chi connectivity index (χ4v) is 0.925. The number of aliphatic hydroxyl groups excluding tert-OH is 1. The summed E-state index contributed by atoms with van der Waals surface area (Å²) in [6.07, 6.45) is 0.243. The van der Waals surface area contributed by atoms with Gasteiger partial charge in [0.15, 0.2) is 0 Å². The second-order valence-electron chi connectivity index (χ2n) is 2.64. The van der Waals surface area contributed by atoms with Gasteiger partial charge in [-0.1, -0.05) is 13.5 Å². The molecule has 0 fully saturated rings. The number of carboxylic acids is 1. The zero-order chi connectivity index (χ0) is 9.78. The molecule has 1 atom stereocenters. The van der Waals surface area contributed by atoms with E-state index >= 15 is 0 Å². The van der Waals surface area contributed by atoms with E-state index in [2.05, 4.69) is 6.58 Å². The van der Waals surface area contributed by atoms with Crippen LogP contribution in [0.25, 0.3) is 0 Å². The summed E-state index contributed by atoms with van der Waals surface area (Å²) in [6, 6.07) is 0. The summed E-state index contributed by atoms with van der Waals surface area (Å²) in [4.78, 5) is 10.4. The van der Waals surface area contributed by atoms with E-state index in [4.69, 9.17) is 10.2 Å². The monoisotopic (exact) mass is 174 g/mol. The molecule has 0 aromatic rings. The molecule has 0 aliphatic rings. The lowest BCUT2D eigenvalue weighted by Gasteiger charge is -2.25. The van der Waals surface area contributed by atoms with Crippen LogP contribution in [0.5, 0.6) is 0 Å². The SMILES string of the molecule is C=C(C(=O)O)C(O)(CC)CCO. The lowest BCUT2D eigenvalue weighted by atomic mass is 9.89. The zero-order valence-electron chi connectivity index (χ0n) is 7.08. The number of aliphatic carboxylic acids is 1. The summed E-state index contributed by atoms with van der Waals surface area (Å²) in [5, 5.41) is 26.7. The van der Waals surface area contributed by atoms with Crippen molar-refractivity contribution in [3.8, 4) is 0 Å². The Morgan fingerprint density at radius 2 is 2.08 bits per heavy atom. The maximum atomic E-state index is 10.4. The van der Waals surface area contributed by atoms with Crippen LogP contribution in [-0.2, 0) is 4.79 Å². The highest BCUT2D eigenvalue weighted by atomic mass is 16.4. The Hall–Kier alpha value is -0.870. The normalized spacial score (nSPS) is 15.2. The van der Waals surface area contributed by atoms with Crippen LogP contribution in [0, 0.1) is 0 Å². The molecule has 0 saturated heterocycles. The highest BCUT2D eigenvalue weighted by Crippen LogP contribution is 2.23. The number of aliphatic hydroxyl groups is 2. The van der Waals surface area contributed by atoms with Gasteiger partial charge in [-0.3, -0.25) is 0 Å². The van der Waals surface area contributed by atoms with Gasteiger partial charge in [0.1, 0.15) is 0 Å². The largest absolute Gasteiger partial charge is 0.478 e. The number of hydrogen-bond donors (Lipinski definition) is 3. The summed E-state index contributed by atoms with van der Waals surface area (Å²) >= 11 is 0. The Bertz CT molecular complexity index is 187. The van der Waals surface area contributed by atoms with Crippen molar-refractivity contribution in [2.75, 3.05) is 6.61 Å². The first-order valence-electron chi connectivity index (χ1n) is 3.74. The van der Waals surface area contributed by atoms with Crippen LogP contribution >= 0.6 is 0 Å². The molecule has 12 heavy (non-hydrogen) atoms. The Morgan fingerprint density at radius 1 is 1.58 bits per heavy atom. The lowest BCUT2D eigenvalue weighted by Crippen LogP contribution is -2.34. The van der Waals surface area contributed by atoms with E-state index in [0.29, 0.717) is 0 Å². The van der Waals surface area contributed by atoms with E-state index in [1.807, 2.05) is 0 Å². The minimum Gasteiger partial charge on any atom is -0.478 e. The molecular weight excluding hydrogens is 160 g/mol. The quantitative estimate of drug-likeness (QED) is 0.518. The van der Waals surface area contributed by atoms with E-state index in [0.717, 1.165) is 0 Å². The van der Waals surface area contributed by atoms with Gasteiger partial charge in [0.05, 0.1) is 11.2 Å². The van der Waals surface area contributed by atoms with Crippen LogP contribution in [-0.4, -0.2) is 33.5 Å². The molecule has 0 spiro atoms.